The second-order valence-corrected chi connectivity index (χ2v) is 5.20. The van der Waals surface area contributed by atoms with Gasteiger partial charge in [0, 0.05) is 0 Å². The van der Waals surface area contributed by atoms with Crippen molar-refractivity contribution in [1.29, 1.82) is 0 Å². The van der Waals surface area contributed by atoms with Gasteiger partial charge in [-0.05, 0) is 38.1 Å². The summed E-state index contributed by atoms with van der Waals surface area (Å²) in [5, 5.41) is 0. The van der Waals surface area contributed by atoms with Crippen molar-refractivity contribution in [3.63, 3.8) is 0 Å². The Morgan fingerprint density at radius 2 is 1.69 bits per heavy atom. The number of imidazole rings is 1. The lowest BCUT2D eigenvalue weighted by molar-refractivity contribution is -0.143. The van der Waals surface area contributed by atoms with Crippen LogP contribution < -0.4 is 0 Å². The van der Waals surface area contributed by atoms with Crippen LogP contribution in [-0.2, 0) is 20.8 Å². The van der Waals surface area contributed by atoms with E-state index in [9.17, 15) is 9.59 Å². The van der Waals surface area contributed by atoms with Gasteiger partial charge in [-0.25, -0.2) is 9.78 Å². The van der Waals surface area contributed by atoms with Crippen LogP contribution in [-0.4, -0.2) is 34.7 Å². The van der Waals surface area contributed by atoms with E-state index >= 15 is 0 Å². The maximum Gasteiger partial charge on any atom is 0.374 e. The third-order valence-electron chi connectivity index (χ3n) is 3.53. The Bertz CT molecular complexity index is 877. The van der Waals surface area contributed by atoms with E-state index in [1.165, 1.54) is 17.1 Å². The topological polar surface area (TPSA) is 96.7 Å². The van der Waals surface area contributed by atoms with Crippen molar-refractivity contribution in [2.45, 2.75) is 20.4 Å². The number of aromatic nitrogens is 2. The molecule has 136 valence electrons. The van der Waals surface area contributed by atoms with Crippen LogP contribution in [0.3, 0.4) is 0 Å². The van der Waals surface area contributed by atoms with Crippen LogP contribution in [0.25, 0.3) is 22.9 Å². The van der Waals surface area contributed by atoms with Crippen molar-refractivity contribution in [2.24, 2.45) is 0 Å². The number of carbonyl (C=O) groups excluding carboxylic acids is 2. The summed E-state index contributed by atoms with van der Waals surface area (Å²) in [4.78, 5) is 28.8. The van der Waals surface area contributed by atoms with Crippen LogP contribution in [0.4, 0.5) is 0 Å². The smallest absolute Gasteiger partial charge is 0.374 e. The van der Waals surface area contributed by atoms with E-state index < -0.39 is 11.9 Å². The molecule has 0 unspecified atom stereocenters. The molecule has 3 aromatic rings. The third-order valence-corrected chi connectivity index (χ3v) is 3.53. The predicted molar refractivity (Wildman–Crippen MR) is 90.2 cm³/mol. The predicted octanol–water partition coefficient (Wildman–Crippen LogP) is 3.14. The van der Waals surface area contributed by atoms with Crippen molar-refractivity contribution in [3.8, 4) is 22.9 Å². The van der Waals surface area contributed by atoms with Crippen molar-refractivity contribution < 1.29 is 27.9 Å². The van der Waals surface area contributed by atoms with Crippen molar-refractivity contribution in [3.05, 3.63) is 42.6 Å². The fourth-order valence-corrected chi connectivity index (χ4v) is 2.54. The lowest BCUT2D eigenvalue weighted by Gasteiger charge is -2.10. The minimum atomic E-state index is -0.651. The third kappa shape index (κ3) is 3.39. The summed E-state index contributed by atoms with van der Waals surface area (Å²) < 4.78 is 22.4. The van der Waals surface area contributed by atoms with Crippen LogP contribution in [0.15, 0.2) is 45.6 Å². The largest absolute Gasteiger partial charge is 0.465 e. The molecule has 0 aliphatic carbocycles. The van der Waals surface area contributed by atoms with Gasteiger partial charge in [0.2, 0.25) is 5.82 Å². The van der Waals surface area contributed by atoms with Gasteiger partial charge in [-0.1, -0.05) is 0 Å². The Labute approximate surface area is 149 Å². The van der Waals surface area contributed by atoms with Crippen LogP contribution in [0, 0.1) is 0 Å². The summed E-state index contributed by atoms with van der Waals surface area (Å²) in [6.45, 7) is 3.59. The van der Waals surface area contributed by atoms with E-state index in [0.717, 1.165) is 0 Å². The average molecular weight is 358 g/mol. The van der Waals surface area contributed by atoms with Crippen molar-refractivity contribution in [2.75, 3.05) is 13.2 Å². The molecule has 0 saturated heterocycles. The Balaban J connectivity index is 2.19. The molecule has 0 spiro atoms. The normalized spacial score (nSPS) is 10.7. The van der Waals surface area contributed by atoms with Gasteiger partial charge in [0.1, 0.15) is 17.9 Å². The number of nitrogens with zero attached hydrogens (tertiary/aromatic N) is 2. The maximum atomic E-state index is 12.4. The molecule has 3 heterocycles. The number of ether oxygens (including phenoxy) is 2. The number of esters is 2. The molecular formula is C18H18N2O6. The fourth-order valence-electron chi connectivity index (χ4n) is 2.54. The van der Waals surface area contributed by atoms with E-state index in [1.807, 2.05) is 0 Å². The van der Waals surface area contributed by atoms with Crippen molar-refractivity contribution in [1.82, 2.24) is 9.55 Å². The highest BCUT2D eigenvalue weighted by Crippen LogP contribution is 2.33. The molecule has 0 aromatic carbocycles. The van der Waals surface area contributed by atoms with E-state index in [-0.39, 0.29) is 25.6 Å². The zero-order valence-corrected chi connectivity index (χ0v) is 14.4. The van der Waals surface area contributed by atoms with Crippen LogP contribution in [0.5, 0.6) is 0 Å². The maximum absolute atomic E-state index is 12.4. The van der Waals surface area contributed by atoms with Gasteiger partial charge in [-0.3, -0.25) is 4.79 Å². The first-order valence-electron chi connectivity index (χ1n) is 8.16. The quantitative estimate of drug-likeness (QED) is 0.599. The summed E-state index contributed by atoms with van der Waals surface area (Å²) in [5.41, 5.74) is 0.804. The van der Waals surface area contributed by atoms with E-state index in [2.05, 4.69) is 4.98 Å². The molecule has 0 radical (unpaired) electrons. The lowest BCUT2D eigenvalue weighted by Crippen LogP contribution is -2.20. The Morgan fingerprint density at radius 1 is 1.04 bits per heavy atom. The fraction of sp³-hybridized carbons (Fsp3) is 0.278. The molecular weight excluding hydrogens is 340 g/mol. The molecule has 3 rings (SSSR count). The average Bonchev–Trinajstić information content (AvgIpc) is 3.35. The van der Waals surface area contributed by atoms with Crippen molar-refractivity contribution >= 4 is 11.9 Å². The summed E-state index contributed by atoms with van der Waals surface area (Å²) in [6.07, 6.45) is 2.99. The van der Waals surface area contributed by atoms with Gasteiger partial charge in [0.05, 0.1) is 25.7 Å². The second kappa shape index (κ2) is 7.73. The van der Waals surface area contributed by atoms with Gasteiger partial charge in [0.25, 0.3) is 0 Å². The highest BCUT2D eigenvalue weighted by Gasteiger charge is 2.28. The summed E-state index contributed by atoms with van der Waals surface area (Å²) >= 11 is 0. The number of carbonyl (C=O) groups is 2. The molecule has 0 aliphatic heterocycles. The van der Waals surface area contributed by atoms with E-state index in [1.54, 1.807) is 38.1 Å². The van der Waals surface area contributed by atoms with Gasteiger partial charge >= 0.3 is 11.9 Å². The molecule has 0 fully saturated rings. The van der Waals surface area contributed by atoms with Crippen LogP contribution in [0.1, 0.15) is 24.5 Å². The van der Waals surface area contributed by atoms with E-state index in [0.29, 0.717) is 22.9 Å². The highest BCUT2D eigenvalue weighted by atomic mass is 16.5. The molecule has 0 saturated carbocycles. The first-order chi connectivity index (χ1) is 12.7. The first-order valence-corrected chi connectivity index (χ1v) is 8.16. The minimum Gasteiger partial charge on any atom is -0.465 e. The molecule has 0 amide bonds. The Kier molecular flexibility index (Phi) is 5.21. The molecule has 8 nitrogen and oxygen atoms in total. The number of hydrogen-bond donors (Lipinski definition) is 0. The number of rotatable bonds is 7. The highest BCUT2D eigenvalue weighted by molar-refractivity contribution is 5.90. The Morgan fingerprint density at radius 3 is 2.27 bits per heavy atom. The zero-order valence-electron chi connectivity index (χ0n) is 14.4. The standard InChI is InChI=1S/C18H18N2O6/c1-3-23-14(21)11-20-16(13-8-6-10-26-13)15(12-7-5-9-25-12)19-17(20)18(22)24-4-2/h5-10H,3-4,11H2,1-2H3. The summed E-state index contributed by atoms with van der Waals surface area (Å²) in [5.74, 6) is -0.317. The van der Waals surface area contributed by atoms with Gasteiger partial charge in [-0.15, -0.1) is 0 Å². The van der Waals surface area contributed by atoms with Gasteiger partial charge in [-0.2, -0.15) is 0 Å². The second-order valence-electron chi connectivity index (χ2n) is 5.20. The van der Waals surface area contributed by atoms with Gasteiger partial charge in [0.15, 0.2) is 11.5 Å². The molecule has 8 heteroatoms. The molecule has 0 N–H and O–H groups in total. The van der Waals surface area contributed by atoms with Crippen LogP contribution in [0.2, 0.25) is 0 Å². The minimum absolute atomic E-state index is 0.0299. The SMILES string of the molecule is CCOC(=O)Cn1c(C(=O)OCC)nc(-c2ccco2)c1-c1ccco1. The molecule has 0 bridgehead atoms. The van der Waals surface area contributed by atoms with E-state index in [4.69, 9.17) is 18.3 Å². The lowest BCUT2D eigenvalue weighted by atomic mass is 10.2. The monoisotopic (exact) mass is 358 g/mol. The Hall–Kier alpha value is -3.29. The molecule has 0 aliphatic rings. The number of hydrogen-bond acceptors (Lipinski definition) is 7. The zero-order chi connectivity index (χ0) is 18.5. The molecule has 26 heavy (non-hydrogen) atoms. The van der Waals surface area contributed by atoms with Gasteiger partial charge < -0.3 is 22.9 Å². The first kappa shape index (κ1) is 17.5. The van der Waals surface area contributed by atoms with Crippen LogP contribution >= 0.6 is 0 Å². The molecule has 3 aromatic heterocycles. The summed E-state index contributed by atoms with van der Waals surface area (Å²) in [6, 6.07) is 6.82. The molecule has 0 atom stereocenters. The summed E-state index contributed by atoms with van der Waals surface area (Å²) in [7, 11) is 0. The number of furan rings is 2.